The Morgan fingerprint density at radius 3 is 3.00 bits per heavy atom. The zero-order valence-corrected chi connectivity index (χ0v) is 10.5. The van der Waals surface area contributed by atoms with Crippen LogP contribution in [0.2, 0.25) is 0 Å². The van der Waals surface area contributed by atoms with Crippen molar-refractivity contribution >= 4 is 11.7 Å². The molecule has 1 saturated heterocycles. The fraction of sp³-hybridized carbons (Fsp3) is 0.583. The van der Waals surface area contributed by atoms with Crippen molar-refractivity contribution in [1.82, 2.24) is 15.3 Å². The molecule has 1 aliphatic heterocycles. The average Bonchev–Trinajstić information content (AvgIpc) is 2.31. The zero-order chi connectivity index (χ0) is 12.4. The number of nitrogens with one attached hydrogen (secondary N) is 1. The molecular weight excluding hydrogens is 216 g/mol. The first-order chi connectivity index (χ1) is 8.11. The standard InChI is InChI=1S/C12H18N4O/c1-4-10-7-11(15-9(3)14-10)16-6-5-13-12(17)8(16)2/h7-8H,4-6H2,1-3H3,(H,13,17). The predicted molar refractivity (Wildman–Crippen MR) is 66.0 cm³/mol. The second kappa shape index (κ2) is 4.69. The molecule has 92 valence electrons. The van der Waals surface area contributed by atoms with Gasteiger partial charge < -0.3 is 10.2 Å². The van der Waals surface area contributed by atoms with Crippen molar-refractivity contribution in [3.63, 3.8) is 0 Å². The maximum Gasteiger partial charge on any atom is 0.242 e. The van der Waals surface area contributed by atoms with Crippen molar-refractivity contribution in [1.29, 1.82) is 0 Å². The molecule has 1 unspecified atom stereocenters. The van der Waals surface area contributed by atoms with E-state index in [-0.39, 0.29) is 11.9 Å². The van der Waals surface area contributed by atoms with Gasteiger partial charge in [0.15, 0.2) is 0 Å². The Hall–Kier alpha value is -1.65. The van der Waals surface area contributed by atoms with Gasteiger partial charge in [-0.1, -0.05) is 6.92 Å². The summed E-state index contributed by atoms with van der Waals surface area (Å²) in [5.74, 6) is 1.68. The van der Waals surface area contributed by atoms with Crippen molar-refractivity contribution < 1.29 is 4.79 Å². The van der Waals surface area contributed by atoms with E-state index in [1.165, 1.54) is 0 Å². The summed E-state index contributed by atoms with van der Waals surface area (Å²) >= 11 is 0. The molecule has 0 bridgehead atoms. The van der Waals surface area contributed by atoms with Crippen LogP contribution >= 0.6 is 0 Å². The molecule has 1 aromatic rings. The highest BCUT2D eigenvalue weighted by Crippen LogP contribution is 2.17. The Morgan fingerprint density at radius 1 is 1.53 bits per heavy atom. The highest BCUT2D eigenvalue weighted by atomic mass is 16.2. The van der Waals surface area contributed by atoms with Gasteiger partial charge in [-0.15, -0.1) is 0 Å². The Labute approximate surface area is 101 Å². The number of hydrogen-bond acceptors (Lipinski definition) is 4. The highest BCUT2D eigenvalue weighted by Gasteiger charge is 2.26. The number of anilines is 1. The number of amides is 1. The first-order valence-electron chi connectivity index (χ1n) is 6.00. The Kier molecular flexibility index (Phi) is 3.26. The normalized spacial score (nSPS) is 20.3. The van der Waals surface area contributed by atoms with Crippen molar-refractivity contribution in [3.8, 4) is 0 Å². The van der Waals surface area contributed by atoms with E-state index in [0.29, 0.717) is 6.54 Å². The van der Waals surface area contributed by atoms with Gasteiger partial charge in [0.05, 0.1) is 0 Å². The van der Waals surface area contributed by atoms with Gasteiger partial charge in [-0.3, -0.25) is 4.79 Å². The number of carbonyl (C=O) groups excluding carboxylic acids is 1. The van der Waals surface area contributed by atoms with Crippen LogP contribution in [0, 0.1) is 6.92 Å². The first kappa shape index (κ1) is 11.8. The summed E-state index contributed by atoms with van der Waals surface area (Å²) in [6.45, 7) is 7.33. The van der Waals surface area contributed by atoms with Gasteiger partial charge in [-0.2, -0.15) is 0 Å². The monoisotopic (exact) mass is 234 g/mol. The van der Waals surface area contributed by atoms with Crippen LogP contribution in [-0.2, 0) is 11.2 Å². The van der Waals surface area contributed by atoms with Crippen LogP contribution in [0.5, 0.6) is 0 Å². The molecule has 0 aliphatic carbocycles. The quantitative estimate of drug-likeness (QED) is 0.817. The number of aryl methyl sites for hydroxylation is 2. The minimum atomic E-state index is -0.164. The molecule has 17 heavy (non-hydrogen) atoms. The van der Waals surface area contributed by atoms with Crippen LogP contribution in [0.15, 0.2) is 6.07 Å². The van der Waals surface area contributed by atoms with Gasteiger partial charge in [-0.05, 0) is 20.3 Å². The van der Waals surface area contributed by atoms with Crippen molar-refractivity contribution in [2.75, 3.05) is 18.0 Å². The SMILES string of the molecule is CCc1cc(N2CCNC(=O)C2C)nc(C)n1. The molecule has 2 rings (SSSR count). The summed E-state index contributed by atoms with van der Waals surface area (Å²) < 4.78 is 0. The van der Waals surface area contributed by atoms with E-state index in [1.54, 1.807) is 0 Å². The molecule has 5 nitrogen and oxygen atoms in total. The van der Waals surface area contributed by atoms with E-state index in [4.69, 9.17) is 0 Å². The van der Waals surface area contributed by atoms with E-state index in [1.807, 2.05) is 24.8 Å². The van der Waals surface area contributed by atoms with Gasteiger partial charge in [-0.25, -0.2) is 9.97 Å². The number of aromatic nitrogens is 2. The molecule has 1 N–H and O–H groups in total. The molecule has 1 amide bonds. The maximum atomic E-state index is 11.6. The minimum Gasteiger partial charge on any atom is -0.353 e. The molecular formula is C12H18N4O. The molecule has 0 spiro atoms. The Morgan fingerprint density at radius 2 is 2.29 bits per heavy atom. The number of nitrogens with zero attached hydrogens (tertiary/aromatic N) is 3. The second-order valence-electron chi connectivity index (χ2n) is 4.28. The fourth-order valence-corrected chi connectivity index (χ4v) is 2.04. The topological polar surface area (TPSA) is 58.1 Å². The third-order valence-corrected chi connectivity index (χ3v) is 3.03. The second-order valence-corrected chi connectivity index (χ2v) is 4.28. The summed E-state index contributed by atoms with van der Waals surface area (Å²) in [6, 6.07) is 1.81. The smallest absolute Gasteiger partial charge is 0.242 e. The first-order valence-corrected chi connectivity index (χ1v) is 6.00. The van der Waals surface area contributed by atoms with Crippen molar-refractivity contribution in [3.05, 3.63) is 17.6 Å². The maximum absolute atomic E-state index is 11.6. The van der Waals surface area contributed by atoms with E-state index >= 15 is 0 Å². The summed E-state index contributed by atoms with van der Waals surface area (Å²) in [5, 5.41) is 2.85. The van der Waals surface area contributed by atoms with E-state index in [0.717, 1.165) is 30.3 Å². The molecule has 0 saturated carbocycles. The fourth-order valence-electron chi connectivity index (χ4n) is 2.04. The summed E-state index contributed by atoms with van der Waals surface area (Å²) in [5.41, 5.74) is 1.02. The average molecular weight is 234 g/mol. The van der Waals surface area contributed by atoms with Gasteiger partial charge in [0.1, 0.15) is 17.7 Å². The van der Waals surface area contributed by atoms with Crippen LogP contribution in [0.4, 0.5) is 5.82 Å². The Bertz CT molecular complexity index is 433. The van der Waals surface area contributed by atoms with Crippen LogP contribution in [0.25, 0.3) is 0 Å². The molecule has 0 radical (unpaired) electrons. The largest absolute Gasteiger partial charge is 0.353 e. The van der Waals surface area contributed by atoms with Crippen LogP contribution in [0.3, 0.4) is 0 Å². The van der Waals surface area contributed by atoms with Gasteiger partial charge >= 0.3 is 0 Å². The summed E-state index contributed by atoms with van der Waals surface area (Å²) in [6.07, 6.45) is 0.880. The molecule has 0 aromatic carbocycles. The van der Waals surface area contributed by atoms with E-state index < -0.39 is 0 Å². The number of rotatable bonds is 2. The lowest BCUT2D eigenvalue weighted by Gasteiger charge is -2.33. The van der Waals surface area contributed by atoms with Crippen molar-refractivity contribution in [2.24, 2.45) is 0 Å². The lowest BCUT2D eigenvalue weighted by Crippen LogP contribution is -2.54. The van der Waals surface area contributed by atoms with Gasteiger partial charge in [0.2, 0.25) is 5.91 Å². The number of piperazine rings is 1. The van der Waals surface area contributed by atoms with Crippen LogP contribution in [0.1, 0.15) is 25.4 Å². The van der Waals surface area contributed by atoms with Gasteiger partial charge in [0, 0.05) is 24.8 Å². The van der Waals surface area contributed by atoms with Crippen molar-refractivity contribution in [2.45, 2.75) is 33.2 Å². The van der Waals surface area contributed by atoms with Crippen LogP contribution < -0.4 is 10.2 Å². The molecule has 1 aromatic heterocycles. The predicted octanol–water partition coefficient (Wildman–Crippen LogP) is 0.672. The number of carbonyl (C=O) groups is 1. The summed E-state index contributed by atoms with van der Waals surface area (Å²) in [7, 11) is 0. The molecule has 5 heteroatoms. The third-order valence-electron chi connectivity index (χ3n) is 3.03. The lowest BCUT2D eigenvalue weighted by atomic mass is 10.2. The summed E-state index contributed by atoms with van der Waals surface area (Å²) in [4.78, 5) is 22.4. The van der Waals surface area contributed by atoms with Crippen LogP contribution in [-0.4, -0.2) is 35.0 Å². The van der Waals surface area contributed by atoms with E-state index in [9.17, 15) is 4.79 Å². The molecule has 1 fully saturated rings. The third kappa shape index (κ3) is 2.38. The molecule has 2 heterocycles. The minimum absolute atomic E-state index is 0.0607. The zero-order valence-electron chi connectivity index (χ0n) is 10.5. The van der Waals surface area contributed by atoms with E-state index in [2.05, 4.69) is 22.2 Å². The molecule has 1 aliphatic rings. The highest BCUT2D eigenvalue weighted by molar-refractivity contribution is 5.85. The van der Waals surface area contributed by atoms with Gasteiger partial charge in [0.25, 0.3) is 0 Å². The molecule has 1 atom stereocenters. The lowest BCUT2D eigenvalue weighted by molar-refractivity contribution is -0.122. The number of hydrogen-bond donors (Lipinski definition) is 1. The Balaban J connectivity index is 2.32.